The lowest BCUT2D eigenvalue weighted by Gasteiger charge is -2.12. The van der Waals surface area contributed by atoms with E-state index in [1.807, 2.05) is 61.6 Å². The fourth-order valence-electron chi connectivity index (χ4n) is 3.10. The Morgan fingerprint density at radius 3 is 2.53 bits per heavy atom. The molecule has 0 spiro atoms. The summed E-state index contributed by atoms with van der Waals surface area (Å²) < 4.78 is 11.1. The van der Waals surface area contributed by atoms with E-state index in [1.165, 1.54) is 12.2 Å². The Morgan fingerprint density at radius 2 is 1.78 bits per heavy atom. The number of nitrogens with one attached hydrogen (secondary N) is 1. The molecule has 0 saturated heterocycles. The first kappa shape index (κ1) is 23.0. The molecule has 0 saturated carbocycles. The van der Waals surface area contributed by atoms with Gasteiger partial charge in [0, 0.05) is 29.9 Å². The van der Waals surface area contributed by atoms with Crippen molar-refractivity contribution in [3.05, 3.63) is 71.9 Å². The molecule has 6 nitrogen and oxygen atoms in total. The molecule has 1 heterocycles. The summed E-state index contributed by atoms with van der Waals surface area (Å²) in [5, 5.41) is 1.11. The first-order valence-electron chi connectivity index (χ1n) is 10.4. The van der Waals surface area contributed by atoms with Gasteiger partial charge in [0.1, 0.15) is 18.1 Å². The number of aromatic nitrogens is 1. The monoisotopic (exact) mass is 432 g/mol. The summed E-state index contributed by atoms with van der Waals surface area (Å²) >= 11 is 0. The van der Waals surface area contributed by atoms with Gasteiger partial charge < -0.3 is 19.4 Å². The Hall–Kier alpha value is -3.64. The number of rotatable bonds is 11. The highest BCUT2D eigenvalue weighted by atomic mass is 16.5. The van der Waals surface area contributed by atoms with Crippen molar-refractivity contribution < 1.29 is 19.1 Å². The molecule has 3 aromatic rings. The summed E-state index contributed by atoms with van der Waals surface area (Å²) in [4.78, 5) is 29.6. The topological polar surface area (TPSA) is 71.6 Å². The average Bonchev–Trinajstić information content (AvgIpc) is 3.24. The second-order valence-electron chi connectivity index (χ2n) is 7.66. The number of hydrogen-bond acceptors (Lipinski definition) is 5. The average molecular weight is 433 g/mol. The van der Waals surface area contributed by atoms with Crippen LogP contribution in [0.25, 0.3) is 23.1 Å². The molecule has 0 atom stereocenters. The van der Waals surface area contributed by atoms with Crippen molar-refractivity contribution in [2.24, 2.45) is 0 Å². The van der Waals surface area contributed by atoms with E-state index in [2.05, 4.69) is 4.98 Å². The second-order valence-corrected chi connectivity index (χ2v) is 7.66. The van der Waals surface area contributed by atoms with E-state index in [1.54, 1.807) is 25.3 Å². The lowest BCUT2D eigenvalue weighted by atomic mass is 10.1. The molecule has 0 unspecified atom stereocenters. The number of methoxy groups -OCH3 is 1. The number of ketones is 2. The molecule has 6 heteroatoms. The highest BCUT2D eigenvalue weighted by Gasteiger charge is 2.07. The maximum atomic E-state index is 12.2. The number of hydrogen-bond donors (Lipinski definition) is 1. The Balaban J connectivity index is 1.56. The van der Waals surface area contributed by atoms with Gasteiger partial charge in [-0.05, 0) is 67.5 Å². The number of aromatic amines is 1. The first-order valence-corrected chi connectivity index (χ1v) is 10.4. The van der Waals surface area contributed by atoms with E-state index in [9.17, 15) is 9.59 Å². The molecule has 32 heavy (non-hydrogen) atoms. The summed E-state index contributed by atoms with van der Waals surface area (Å²) in [5.74, 6) is 0.781. The van der Waals surface area contributed by atoms with Crippen molar-refractivity contribution >= 4 is 34.6 Å². The molecule has 0 bridgehead atoms. The van der Waals surface area contributed by atoms with Crippen LogP contribution in [-0.4, -0.2) is 55.8 Å². The van der Waals surface area contributed by atoms with Crippen molar-refractivity contribution in [1.29, 1.82) is 0 Å². The van der Waals surface area contributed by atoms with Gasteiger partial charge in [0.15, 0.2) is 11.6 Å². The maximum Gasteiger partial charge on any atom is 0.163 e. The zero-order valence-corrected chi connectivity index (χ0v) is 18.6. The van der Waals surface area contributed by atoms with E-state index in [0.717, 1.165) is 28.6 Å². The SMILES string of the molecule is COc1cc(OCCN(C)C)ccc1C=CC(=O)CC(=O)C=Cc1ccc2cc[nH]c2c1. The molecule has 0 aliphatic rings. The van der Waals surface area contributed by atoms with Crippen molar-refractivity contribution in [1.82, 2.24) is 9.88 Å². The smallest absolute Gasteiger partial charge is 0.163 e. The van der Waals surface area contributed by atoms with Crippen molar-refractivity contribution in [3.8, 4) is 11.5 Å². The normalized spacial score (nSPS) is 11.6. The Kier molecular flexibility index (Phi) is 8.00. The van der Waals surface area contributed by atoms with E-state index in [4.69, 9.17) is 9.47 Å². The lowest BCUT2D eigenvalue weighted by molar-refractivity contribution is -0.121. The van der Waals surface area contributed by atoms with Crippen molar-refractivity contribution in [2.75, 3.05) is 34.4 Å². The standard InChI is InChI=1S/C26H28N2O4/c1-28(2)14-15-32-24-11-8-21(26(18-24)31-3)7-10-23(30)17-22(29)9-5-19-4-6-20-12-13-27-25(20)16-19/h4-13,16,18,27H,14-15,17H2,1-3H3. The third-order valence-electron chi connectivity index (χ3n) is 4.85. The van der Waals surface area contributed by atoms with Gasteiger partial charge in [-0.15, -0.1) is 0 Å². The van der Waals surface area contributed by atoms with Crippen LogP contribution in [0.2, 0.25) is 0 Å². The number of benzene rings is 2. The molecule has 1 aromatic heterocycles. The number of nitrogens with zero attached hydrogens (tertiary/aromatic N) is 1. The van der Waals surface area contributed by atoms with Crippen molar-refractivity contribution in [2.45, 2.75) is 6.42 Å². The fourth-order valence-corrected chi connectivity index (χ4v) is 3.10. The third kappa shape index (κ3) is 6.68. The number of allylic oxidation sites excluding steroid dienone is 2. The quantitative estimate of drug-likeness (QED) is 0.360. The van der Waals surface area contributed by atoms with Gasteiger partial charge in [0.25, 0.3) is 0 Å². The summed E-state index contributed by atoms with van der Waals surface area (Å²) in [6, 6.07) is 13.3. The highest BCUT2D eigenvalue weighted by Crippen LogP contribution is 2.26. The van der Waals surface area contributed by atoms with Gasteiger partial charge in [0.2, 0.25) is 0 Å². The van der Waals surface area contributed by atoms with E-state index in [0.29, 0.717) is 18.1 Å². The van der Waals surface area contributed by atoms with Crippen molar-refractivity contribution in [3.63, 3.8) is 0 Å². The van der Waals surface area contributed by atoms with Crippen LogP contribution in [0.15, 0.2) is 60.8 Å². The number of H-pyrrole nitrogens is 1. The molecule has 166 valence electrons. The van der Waals surface area contributed by atoms with Gasteiger partial charge in [-0.25, -0.2) is 0 Å². The second kappa shape index (κ2) is 11.1. The van der Waals surface area contributed by atoms with Gasteiger partial charge in [-0.2, -0.15) is 0 Å². The van der Waals surface area contributed by atoms with Crippen LogP contribution < -0.4 is 9.47 Å². The number of likely N-dealkylation sites (N-methyl/N-ethyl adjacent to an activating group) is 1. The predicted octanol–water partition coefficient (Wildman–Crippen LogP) is 4.37. The largest absolute Gasteiger partial charge is 0.496 e. The molecular formula is C26H28N2O4. The lowest BCUT2D eigenvalue weighted by Crippen LogP contribution is -2.19. The van der Waals surface area contributed by atoms with Gasteiger partial charge >= 0.3 is 0 Å². The summed E-state index contributed by atoms with van der Waals surface area (Å²) in [5.41, 5.74) is 2.64. The Bertz CT molecular complexity index is 1140. The van der Waals surface area contributed by atoms with Crippen LogP contribution in [0.1, 0.15) is 17.5 Å². The first-order chi connectivity index (χ1) is 15.4. The van der Waals surface area contributed by atoms with Crippen LogP contribution in [0, 0.1) is 0 Å². The molecule has 0 radical (unpaired) electrons. The summed E-state index contributed by atoms with van der Waals surface area (Å²) in [6.07, 6.45) is 7.90. The Morgan fingerprint density at radius 1 is 1.00 bits per heavy atom. The molecule has 0 fully saturated rings. The summed E-state index contributed by atoms with van der Waals surface area (Å²) in [7, 11) is 5.53. The molecule has 0 amide bonds. The number of carbonyl (C=O) groups excluding carboxylic acids is 2. The molecule has 0 aliphatic heterocycles. The Labute approximate surface area is 188 Å². The predicted molar refractivity (Wildman–Crippen MR) is 128 cm³/mol. The van der Waals surface area contributed by atoms with Gasteiger partial charge in [-0.3, -0.25) is 9.59 Å². The minimum atomic E-state index is -0.271. The number of carbonyl (C=O) groups is 2. The molecule has 3 rings (SSSR count). The minimum Gasteiger partial charge on any atom is -0.496 e. The zero-order chi connectivity index (χ0) is 22.9. The third-order valence-corrected chi connectivity index (χ3v) is 4.85. The molecule has 1 N–H and O–H groups in total. The van der Waals surface area contributed by atoms with E-state index in [-0.39, 0.29) is 18.0 Å². The minimum absolute atomic E-state index is 0.189. The summed E-state index contributed by atoms with van der Waals surface area (Å²) in [6.45, 7) is 1.37. The number of ether oxygens (including phenoxy) is 2. The maximum absolute atomic E-state index is 12.2. The van der Waals surface area contributed by atoms with Gasteiger partial charge in [-0.1, -0.05) is 18.2 Å². The van der Waals surface area contributed by atoms with Crippen LogP contribution in [0.3, 0.4) is 0 Å². The van der Waals surface area contributed by atoms with Crippen LogP contribution in [-0.2, 0) is 9.59 Å². The van der Waals surface area contributed by atoms with E-state index < -0.39 is 0 Å². The molecular weight excluding hydrogens is 404 g/mol. The van der Waals surface area contributed by atoms with Gasteiger partial charge in [0.05, 0.1) is 13.5 Å². The van der Waals surface area contributed by atoms with Crippen LogP contribution in [0.5, 0.6) is 11.5 Å². The fraction of sp³-hybridized carbons (Fsp3) is 0.231. The number of fused-ring (bicyclic) bond motifs is 1. The zero-order valence-electron chi connectivity index (χ0n) is 18.6. The molecule has 2 aromatic carbocycles. The highest BCUT2D eigenvalue weighted by molar-refractivity contribution is 6.11. The van der Waals surface area contributed by atoms with E-state index >= 15 is 0 Å². The molecule has 0 aliphatic carbocycles. The van der Waals surface area contributed by atoms with Crippen LogP contribution in [0.4, 0.5) is 0 Å². The van der Waals surface area contributed by atoms with Crippen LogP contribution >= 0.6 is 0 Å².